The summed E-state index contributed by atoms with van der Waals surface area (Å²) in [5.74, 6) is 0.0511. The first-order chi connectivity index (χ1) is 7.74. The third kappa shape index (κ3) is 1.53. The van der Waals surface area contributed by atoms with Crippen LogP contribution in [0.2, 0.25) is 0 Å². The zero-order chi connectivity index (χ0) is 11.1. The maximum Gasteiger partial charge on any atom is 0.307 e. The third-order valence-electron chi connectivity index (χ3n) is 3.94. The molecular formula is C14H16O2. The van der Waals surface area contributed by atoms with Crippen molar-refractivity contribution in [3.8, 4) is 0 Å². The van der Waals surface area contributed by atoms with Crippen LogP contribution in [0.4, 0.5) is 0 Å². The van der Waals surface area contributed by atoms with Gasteiger partial charge in [-0.3, -0.25) is 4.79 Å². The standard InChI is InChI=1S/C14H16O2/c15-13(16)8-9-6-11-3-1-2-10-4-5-12(7-9)14(10)11/h6-7,10H,1-5,8H2,(H,15,16). The van der Waals surface area contributed by atoms with Gasteiger partial charge in [0.25, 0.3) is 0 Å². The number of aryl methyl sites for hydroxylation is 2. The highest BCUT2D eigenvalue weighted by atomic mass is 16.4. The van der Waals surface area contributed by atoms with E-state index in [9.17, 15) is 4.79 Å². The van der Waals surface area contributed by atoms with Gasteiger partial charge in [0, 0.05) is 0 Å². The molecule has 84 valence electrons. The van der Waals surface area contributed by atoms with Crippen molar-refractivity contribution >= 4 is 5.97 Å². The van der Waals surface area contributed by atoms with E-state index < -0.39 is 5.97 Å². The van der Waals surface area contributed by atoms with Gasteiger partial charge in [0.2, 0.25) is 0 Å². The fourth-order valence-electron chi connectivity index (χ4n) is 3.37. The molecule has 3 rings (SSSR count). The van der Waals surface area contributed by atoms with Gasteiger partial charge in [0.1, 0.15) is 0 Å². The summed E-state index contributed by atoms with van der Waals surface area (Å²) >= 11 is 0. The van der Waals surface area contributed by atoms with Crippen LogP contribution in [0.25, 0.3) is 0 Å². The lowest BCUT2D eigenvalue weighted by Crippen LogP contribution is -2.09. The quantitative estimate of drug-likeness (QED) is 0.825. The second-order valence-corrected chi connectivity index (χ2v) is 5.03. The van der Waals surface area contributed by atoms with Gasteiger partial charge >= 0.3 is 5.97 Å². The average molecular weight is 216 g/mol. The predicted octanol–water partition coefficient (Wildman–Crippen LogP) is 2.68. The number of hydrogen-bond acceptors (Lipinski definition) is 1. The van der Waals surface area contributed by atoms with Gasteiger partial charge < -0.3 is 5.11 Å². The Hall–Kier alpha value is -1.31. The molecule has 0 saturated heterocycles. The van der Waals surface area contributed by atoms with Gasteiger partial charge in [-0.1, -0.05) is 12.1 Å². The second-order valence-electron chi connectivity index (χ2n) is 5.03. The molecule has 0 amide bonds. The zero-order valence-electron chi connectivity index (χ0n) is 9.33. The van der Waals surface area contributed by atoms with Crippen LogP contribution < -0.4 is 0 Å². The van der Waals surface area contributed by atoms with Gasteiger partial charge in [-0.2, -0.15) is 0 Å². The highest BCUT2D eigenvalue weighted by Crippen LogP contribution is 2.43. The molecule has 2 heteroatoms. The highest BCUT2D eigenvalue weighted by Gasteiger charge is 2.28. The molecule has 1 N–H and O–H groups in total. The number of hydrogen-bond donors (Lipinski definition) is 1. The van der Waals surface area contributed by atoms with Crippen molar-refractivity contribution < 1.29 is 9.90 Å². The van der Waals surface area contributed by atoms with E-state index in [4.69, 9.17) is 5.11 Å². The Morgan fingerprint density at radius 3 is 2.75 bits per heavy atom. The summed E-state index contributed by atoms with van der Waals surface area (Å²) in [4.78, 5) is 10.7. The van der Waals surface area contributed by atoms with Gasteiger partial charge in [0.15, 0.2) is 0 Å². The van der Waals surface area contributed by atoms with Crippen molar-refractivity contribution in [1.82, 2.24) is 0 Å². The molecule has 16 heavy (non-hydrogen) atoms. The van der Waals surface area contributed by atoms with Gasteiger partial charge in [-0.05, 0) is 60.3 Å². The van der Waals surface area contributed by atoms with E-state index in [0.717, 1.165) is 24.3 Å². The minimum atomic E-state index is -0.725. The Morgan fingerprint density at radius 2 is 2.00 bits per heavy atom. The minimum Gasteiger partial charge on any atom is -0.481 e. The lowest BCUT2D eigenvalue weighted by Gasteiger charge is -2.22. The van der Waals surface area contributed by atoms with Crippen molar-refractivity contribution in [3.63, 3.8) is 0 Å². The molecule has 0 heterocycles. The minimum absolute atomic E-state index is 0.172. The Kier molecular flexibility index (Phi) is 2.23. The summed E-state index contributed by atoms with van der Waals surface area (Å²) in [6, 6.07) is 4.25. The summed E-state index contributed by atoms with van der Waals surface area (Å²) in [6.07, 6.45) is 6.35. The lowest BCUT2D eigenvalue weighted by atomic mass is 9.83. The molecule has 0 bridgehead atoms. The fourth-order valence-corrected chi connectivity index (χ4v) is 3.37. The van der Waals surface area contributed by atoms with Crippen LogP contribution in [0.1, 0.15) is 47.4 Å². The number of rotatable bonds is 2. The Labute approximate surface area is 95.3 Å². The lowest BCUT2D eigenvalue weighted by molar-refractivity contribution is -0.136. The van der Waals surface area contributed by atoms with E-state index >= 15 is 0 Å². The number of carboxylic acids is 1. The molecule has 1 aromatic carbocycles. The smallest absolute Gasteiger partial charge is 0.307 e. The van der Waals surface area contributed by atoms with E-state index in [2.05, 4.69) is 12.1 Å². The number of benzene rings is 1. The monoisotopic (exact) mass is 216 g/mol. The molecule has 2 nitrogen and oxygen atoms in total. The summed E-state index contributed by atoms with van der Waals surface area (Å²) in [7, 11) is 0. The van der Waals surface area contributed by atoms with Gasteiger partial charge in [-0.15, -0.1) is 0 Å². The van der Waals surface area contributed by atoms with Gasteiger partial charge in [0.05, 0.1) is 6.42 Å². The maximum atomic E-state index is 10.7. The first kappa shape index (κ1) is 9.88. The summed E-state index contributed by atoms with van der Waals surface area (Å²) in [5, 5.41) is 8.85. The van der Waals surface area contributed by atoms with Crippen LogP contribution in [0.15, 0.2) is 12.1 Å². The molecule has 0 radical (unpaired) electrons. The average Bonchev–Trinajstić information content (AvgIpc) is 2.62. The largest absolute Gasteiger partial charge is 0.481 e. The van der Waals surface area contributed by atoms with Crippen molar-refractivity contribution in [2.24, 2.45) is 0 Å². The summed E-state index contributed by atoms with van der Waals surface area (Å²) < 4.78 is 0. The van der Waals surface area contributed by atoms with Crippen LogP contribution in [0.5, 0.6) is 0 Å². The molecule has 1 unspecified atom stereocenters. The van der Waals surface area contributed by atoms with E-state index in [1.54, 1.807) is 5.56 Å². The predicted molar refractivity (Wildman–Crippen MR) is 61.8 cm³/mol. The van der Waals surface area contributed by atoms with Crippen LogP contribution in [0, 0.1) is 0 Å². The molecule has 0 fully saturated rings. The molecule has 0 saturated carbocycles. The van der Waals surface area contributed by atoms with Crippen LogP contribution in [-0.4, -0.2) is 11.1 Å². The normalized spacial score (nSPS) is 21.9. The molecule has 0 spiro atoms. The topological polar surface area (TPSA) is 37.3 Å². The number of carboxylic acid groups (broad SMARTS) is 1. The first-order valence-electron chi connectivity index (χ1n) is 6.10. The molecule has 1 aromatic rings. The van der Waals surface area contributed by atoms with Crippen LogP contribution in [-0.2, 0) is 24.1 Å². The van der Waals surface area contributed by atoms with Crippen LogP contribution >= 0.6 is 0 Å². The van der Waals surface area contributed by atoms with E-state index in [1.807, 2.05) is 0 Å². The van der Waals surface area contributed by atoms with Crippen molar-refractivity contribution in [1.29, 1.82) is 0 Å². The van der Waals surface area contributed by atoms with Crippen LogP contribution in [0.3, 0.4) is 0 Å². The second kappa shape index (κ2) is 3.62. The van der Waals surface area contributed by atoms with Gasteiger partial charge in [-0.25, -0.2) is 0 Å². The highest BCUT2D eigenvalue weighted by molar-refractivity contribution is 5.70. The number of aliphatic carboxylic acids is 1. The van der Waals surface area contributed by atoms with E-state index in [0.29, 0.717) is 0 Å². The molecule has 1 atom stereocenters. The molecule has 0 aromatic heterocycles. The fraction of sp³-hybridized carbons (Fsp3) is 0.500. The SMILES string of the molecule is O=C(O)Cc1cc2c3c(c1)CCC3CCC2. The maximum absolute atomic E-state index is 10.7. The number of carbonyl (C=O) groups is 1. The third-order valence-corrected chi connectivity index (χ3v) is 3.94. The molecule has 0 aliphatic heterocycles. The summed E-state index contributed by atoms with van der Waals surface area (Å²) in [6.45, 7) is 0. The summed E-state index contributed by atoms with van der Waals surface area (Å²) in [5.41, 5.74) is 5.42. The first-order valence-corrected chi connectivity index (χ1v) is 6.10. The van der Waals surface area contributed by atoms with Crippen molar-refractivity contribution in [2.45, 2.75) is 44.4 Å². The molecule has 2 aliphatic rings. The van der Waals surface area contributed by atoms with Crippen molar-refractivity contribution in [2.75, 3.05) is 0 Å². The van der Waals surface area contributed by atoms with E-state index in [1.165, 1.54) is 30.4 Å². The molecular weight excluding hydrogens is 200 g/mol. The Morgan fingerprint density at radius 1 is 1.25 bits per heavy atom. The van der Waals surface area contributed by atoms with Crippen molar-refractivity contribution in [3.05, 3.63) is 34.4 Å². The zero-order valence-corrected chi connectivity index (χ0v) is 9.33. The van der Waals surface area contributed by atoms with E-state index in [-0.39, 0.29) is 6.42 Å². The Balaban J connectivity index is 2.04. The molecule has 2 aliphatic carbocycles. The Bertz CT molecular complexity index is 448.